The van der Waals surface area contributed by atoms with Gasteiger partial charge in [0.05, 0.1) is 4.92 Å². The molecule has 1 aliphatic rings. The number of amides is 1. The number of nitro benzene ring substituents is 1. The van der Waals surface area contributed by atoms with E-state index < -0.39 is 29.1 Å². The molecule has 1 aromatic rings. The molecule has 1 amide bonds. The largest absolute Gasteiger partial charge is 0.480 e. The SMILES string of the molecule is O=C(NC(C(=O)O)C1CC(Cl)=NO1)OCc1ccc([N+](=O)[O-])cc1. The van der Waals surface area contributed by atoms with Gasteiger partial charge in [-0.25, -0.2) is 9.59 Å². The smallest absolute Gasteiger partial charge is 0.408 e. The molecule has 24 heavy (non-hydrogen) atoms. The average molecular weight is 358 g/mol. The number of carboxylic acids is 1. The zero-order valence-corrected chi connectivity index (χ0v) is 12.8. The van der Waals surface area contributed by atoms with Gasteiger partial charge in [-0.15, -0.1) is 0 Å². The molecule has 2 unspecified atom stereocenters. The van der Waals surface area contributed by atoms with Crippen molar-refractivity contribution < 1.29 is 29.2 Å². The second-order valence-corrected chi connectivity index (χ2v) is 5.21. The normalized spacial score (nSPS) is 17.4. The van der Waals surface area contributed by atoms with Crippen LogP contribution in [0.4, 0.5) is 10.5 Å². The van der Waals surface area contributed by atoms with Gasteiger partial charge in [-0.1, -0.05) is 16.8 Å². The standard InChI is InChI=1S/C13H12ClN3O7/c14-10-5-9(24-16-10)11(12(18)19)15-13(20)23-6-7-1-3-8(4-2-7)17(21)22/h1-4,9,11H,5-6H2,(H,15,20)(H,18,19). The van der Waals surface area contributed by atoms with Gasteiger partial charge in [-0.3, -0.25) is 10.1 Å². The molecular formula is C13H12ClN3O7. The van der Waals surface area contributed by atoms with Gasteiger partial charge in [0.2, 0.25) is 0 Å². The number of nitrogens with one attached hydrogen (secondary N) is 1. The quantitative estimate of drug-likeness (QED) is 0.582. The number of non-ortho nitro benzene ring substituents is 1. The lowest BCUT2D eigenvalue weighted by molar-refractivity contribution is -0.384. The second-order valence-electron chi connectivity index (χ2n) is 4.78. The van der Waals surface area contributed by atoms with E-state index in [2.05, 4.69) is 10.5 Å². The predicted octanol–water partition coefficient (Wildman–Crippen LogP) is 1.62. The third kappa shape index (κ3) is 4.56. The van der Waals surface area contributed by atoms with Crippen molar-refractivity contribution in [3.63, 3.8) is 0 Å². The van der Waals surface area contributed by atoms with Gasteiger partial charge in [0.25, 0.3) is 5.69 Å². The summed E-state index contributed by atoms with van der Waals surface area (Å²) in [6.07, 6.45) is -1.85. The third-order valence-electron chi connectivity index (χ3n) is 3.09. The monoisotopic (exact) mass is 357 g/mol. The predicted molar refractivity (Wildman–Crippen MR) is 80.6 cm³/mol. The lowest BCUT2D eigenvalue weighted by atomic mass is 10.1. The summed E-state index contributed by atoms with van der Waals surface area (Å²) in [6, 6.07) is 4.00. The summed E-state index contributed by atoms with van der Waals surface area (Å²) >= 11 is 5.61. The van der Waals surface area contributed by atoms with Crippen LogP contribution in [-0.4, -0.2) is 39.4 Å². The molecule has 0 aliphatic carbocycles. The average Bonchev–Trinajstić information content (AvgIpc) is 2.96. The van der Waals surface area contributed by atoms with Gasteiger partial charge in [0.1, 0.15) is 11.8 Å². The molecule has 11 heteroatoms. The Bertz CT molecular complexity index is 677. The second kappa shape index (κ2) is 7.59. The van der Waals surface area contributed by atoms with Gasteiger partial charge in [-0.05, 0) is 17.7 Å². The zero-order chi connectivity index (χ0) is 17.7. The van der Waals surface area contributed by atoms with E-state index in [4.69, 9.17) is 26.3 Å². The maximum Gasteiger partial charge on any atom is 0.408 e. The van der Waals surface area contributed by atoms with Crippen LogP contribution in [0.15, 0.2) is 29.4 Å². The fourth-order valence-electron chi connectivity index (χ4n) is 1.89. The van der Waals surface area contributed by atoms with Crippen molar-refractivity contribution in [2.45, 2.75) is 25.2 Å². The number of carbonyl (C=O) groups is 2. The number of carboxylic acid groups (broad SMARTS) is 1. The van der Waals surface area contributed by atoms with E-state index in [1.54, 1.807) is 0 Å². The summed E-state index contributed by atoms with van der Waals surface area (Å²) in [5.41, 5.74) is 0.413. The maximum atomic E-state index is 11.7. The summed E-state index contributed by atoms with van der Waals surface area (Å²) in [7, 11) is 0. The fourth-order valence-corrected chi connectivity index (χ4v) is 2.08. The van der Waals surface area contributed by atoms with Crippen LogP contribution in [0.5, 0.6) is 0 Å². The summed E-state index contributed by atoms with van der Waals surface area (Å²) < 4.78 is 4.89. The molecule has 2 rings (SSSR count). The van der Waals surface area contributed by atoms with Crippen molar-refractivity contribution in [2.24, 2.45) is 5.16 Å². The Labute approximate surface area is 140 Å². The summed E-state index contributed by atoms with van der Waals surface area (Å²) in [5.74, 6) is -1.33. The summed E-state index contributed by atoms with van der Waals surface area (Å²) in [5, 5.41) is 25.3. The number of nitro groups is 1. The van der Waals surface area contributed by atoms with E-state index in [9.17, 15) is 19.7 Å². The van der Waals surface area contributed by atoms with Crippen molar-refractivity contribution >= 4 is 34.5 Å². The van der Waals surface area contributed by atoms with E-state index in [1.807, 2.05) is 0 Å². The number of alkyl carbamates (subject to hydrolysis) is 1. The Kier molecular flexibility index (Phi) is 5.53. The number of aliphatic carboxylic acids is 1. The van der Waals surface area contributed by atoms with Gasteiger partial charge >= 0.3 is 12.1 Å². The molecule has 0 aromatic heterocycles. The van der Waals surface area contributed by atoms with Crippen LogP contribution in [0, 0.1) is 10.1 Å². The molecular weight excluding hydrogens is 346 g/mol. The number of halogens is 1. The number of rotatable bonds is 6. The first-order valence-electron chi connectivity index (χ1n) is 6.64. The first-order chi connectivity index (χ1) is 11.4. The highest BCUT2D eigenvalue weighted by atomic mass is 35.5. The van der Waals surface area contributed by atoms with Crippen molar-refractivity contribution in [1.82, 2.24) is 5.32 Å². The van der Waals surface area contributed by atoms with Gasteiger partial charge in [0, 0.05) is 18.6 Å². The van der Waals surface area contributed by atoms with E-state index in [0.29, 0.717) is 5.56 Å². The van der Waals surface area contributed by atoms with Crippen LogP contribution in [0.25, 0.3) is 0 Å². The molecule has 0 saturated heterocycles. The topological polar surface area (TPSA) is 140 Å². The highest BCUT2D eigenvalue weighted by molar-refractivity contribution is 6.65. The number of oxime groups is 1. The van der Waals surface area contributed by atoms with Crippen LogP contribution < -0.4 is 5.32 Å². The number of carbonyl (C=O) groups excluding carboxylic acids is 1. The van der Waals surface area contributed by atoms with Gasteiger partial charge < -0.3 is 20.0 Å². The van der Waals surface area contributed by atoms with Crippen LogP contribution in [0.2, 0.25) is 0 Å². The maximum absolute atomic E-state index is 11.7. The molecule has 1 aromatic carbocycles. The molecule has 0 bridgehead atoms. The molecule has 128 valence electrons. The first-order valence-corrected chi connectivity index (χ1v) is 7.02. The minimum atomic E-state index is -1.38. The number of hydrogen-bond acceptors (Lipinski definition) is 7. The zero-order valence-electron chi connectivity index (χ0n) is 12.0. The molecule has 2 atom stereocenters. The van der Waals surface area contributed by atoms with E-state index >= 15 is 0 Å². The lowest BCUT2D eigenvalue weighted by Gasteiger charge is -2.18. The number of ether oxygens (including phenoxy) is 1. The lowest BCUT2D eigenvalue weighted by Crippen LogP contribution is -2.48. The van der Waals surface area contributed by atoms with Gasteiger partial charge in [-0.2, -0.15) is 0 Å². The highest BCUT2D eigenvalue weighted by Crippen LogP contribution is 2.17. The van der Waals surface area contributed by atoms with E-state index in [-0.39, 0.29) is 23.9 Å². The highest BCUT2D eigenvalue weighted by Gasteiger charge is 2.36. The van der Waals surface area contributed by atoms with Gasteiger partial charge in [0.15, 0.2) is 12.1 Å². The third-order valence-corrected chi connectivity index (χ3v) is 3.31. The molecule has 2 N–H and O–H groups in total. The van der Waals surface area contributed by atoms with E-state index in [0.717, 1.165) is 0 Å². The van der Waals surface area contributed by atoms with Crippen molar-refractivity contribution in [3.05, 3.63) is 39.9 Å². The molecule has 10 nitrogen and oxygen atoms in total. The molecule has 0 saturated carbocycles. The Morgan fingerprint density at radius 2 is 2.17 bits per heavy atom. The fraction of sp³-hybridized carbons (Fsp3) is 0.308. The number of benzene rings is 1. The van der Waals surface area contributed by atoms with E-state index in [1.165, 1.54) is 24.3 Å². The molecule has 0 fully saturated rings. The molecule has 1 aliphatic heterocycles. The van der Waals surface area contributed by atoms with Crippen LogP contribution >= 0.6 is 11.6 Å². The Morgan fingerprint density at radius 1 is 1.50 bits per heavy atom. The van der Waals surface area contributed by atoms with Crippen molar-refractivity contribution in [3.8, 4) is 0 Å². The van der Waals surface area contributed by atoms with Crippen molar-refractivity contribution in [1.29, 1.82) is 0 Å². The summed E-state index contributed by atoms with van der Waals surface area (Å²) in [6.45, 7) is -0.182. The summed E-state index contributed by atoms with van der Waals surface area (Å²) in [4.78, 5) is 37.7. The Hall–Kier alpha value is -2.88. The Balaban J connectivity index is 1.87. The minimum absolute atomic E-state index is 0.0567. The Morgan fingerprint density at radius 3 is 2.67 bits per heavy atom. The first kappa shape index (κ1) is 17.5. The number of hydrogen-bond donors (Lipinski definition) is 2. The van der Waals surface area contributed by atoms with Crippen LogP contribution in [-0.2, 0) is 21.0 Å². The molecule has 0 spiro atoms. The minimum Gasteiger partial charge on any atom is -0.480 e. The molecule has 1 heterocycles. The van der Waals surface area contributed by atoms with Crippen LogP contribution in [0.3, 0.4) is 0 Å². The molecule has 0 radical (unpaired) electrons. The number of nitrogens with zero attached hydrogens (tertiary/aromatic N) is 2. The van der Waals surface area contributed by atoms with Crippen molar-refractivity contribution in [2.75, 3.05) is 0 Å². The van der Waals surface area contributed by atoms with Crippen LogP contribution in [0.1, 0.15) is 12.0 Å².